The van der Waals surface area contributed by atoms with Crippen molar-refractivity contribution in [2.24, 2.45) is 0 Å². The van der Waals surface area contributed by atoms with Gasteiger partial charge in [0.25, 0.3) is 5.22 Å². The predicted octanol–water partition coefficient (Wildman–Crippen LogP) is 0.875. The lowest BCUT2D eigenvalue weighted by atomic mass is 10.2. The van der Waals surface area contributed by atoms with E-state index in [2.05, 4.69) is 10.2 Å². The molecule has 0 N–H and O–H groups in total. The summed E-state index contributed by atoms with van der Waals surface area (Å²) in [6.45, 7) is 2.60. The van der Waals surface area contributed by atoms with Crippen molar-refractivity contribution in [1.29, 1.82) is 5.26 Å². The van der Waals surface area contributed by atoms with Crippen LogP contribution in [0.1, 0.15) is 11.5 Å². The van der Waals surface area contributed by atoms with Crippen molar-refractivity contribution in [2.45, 2.75) is 17.0 Å². The van der Waals surface area contributed by atoms with Crippen molar-refractivity contribution >= 4 is 27.7 Å². The highest BCUT2D eigenvalue weighted by molar-refractivity contribution is 7.99. The first-order chi connectivity index (χ1) is 12.9. The Morgan fingerprint density at radius 1 is 1.26 bits per heavy atom. The first kappa shape index (κ1) is 19.3. The smallest absolute Gasteiger partial charge is 0.277 e. The SMILES string of the molecule is Cc1nnc(SCC(=O)N2CCN(S(=O)(=O)c3ccccc3C#N)CC2)o1. The summed E-state index contributed by atoms with van der Waals surface area (Å²) in [7, 11) is -3.77. The quantitative estimate of drug-likeness (QED) is 0.670. The van der Waals surface area contributed by atoms with E-state index < -0.39 is 10.0 Å². The van der Waals surface area contributed by atoms with Crippen LogP contribution in [-0.2, 0) is 14.8 Å². The van der Waals surface area contributed by atoms with E-state index in [1.165, 1.54) is 16.4 Å². The van der Waals surface area contributed by atoms with Crippen LogP contribution in [0.25, 0.3) is 0 Å². The zero-order valence-corrected chi connectivity index (χ0v) is 16.2. The molecule has 1 aromatic heterocycles. The fourth-order valence-corrected chi connectivity index (χ4v) is 4.92. The minimum Gasteiger partial charge on any atom is -0.416 e. The number of benzene rings is 1. The zero-order valence-electron chi connectivity index (χ0n) is 14.5. The van der Waals surface area contributed by atoms with Crippen LogP contribution in [-0.4, -0.2) is 65.7 Å². The molecule has 9 nitrogen and oxygen atoms in total. The highest BCUT2D eigenvalue weighted by atomic mass is 32.2. The molecule has 1 aliphatic rings. The molecule has 2 aromatic rings. The maximum atomic E-state index is 12.8. The van der Waals surface area contributed by atoms with Gasteiger partial charge in [0.15, 0.2) is 0 Å². The maximum absolute atomic E-state index is 12.8. The van der Waals surface area contributed by atoms with Crippen molar-refractivity contribution in [3.63, 3.8) is 0 Å². The molecule has 142 valence electrons. The van der Waals surface area contributed by atoms with Gasteiger partial charge in [-0.25, -0.2) is 8.42 Å². The van der Waals surface area contributed by atoms with Crippen molar-refractivity contribution in [3.8, 4) is 6.07 Å². The summed E-state index contributed by atoms with van der Waals surface area (Å²) in [5, 5.41) is 17.0. The van der Waals surface area contributed by atoms with E-state index in [0.29, 0.717) is 11.1 Å². The average molecular weight is 407 g/mol. The molecule has 2 heterocycles. The Kier molecular flexibility index (Phi) is 5.79. The topological polar surface area (TPSA) is 120 Å². The monoisotopic (exact) mass is 407 g/mol. The number of thioether (sulfide) groups is 1. The molecule has 11 heteroatoms. The zero-order chi connectivity index (χ0) is 19.4. The van der Waals surface area contributed by atoms with Gasteiger partial charge < -0.3 is 9.32 Å². The lowest BCUT2D eigenvalue weighted by molar-refractivity contribution is -0.129. The molecule has 0 unspecified atom stereocenters. The summed E-state index contributed by atoms with van der Waals surface area (Å²) < 4.78 is 32.1. The van der Waals surface area contributed by atoms with E-state index in [4.69, 9.17) is 9.68 Å². The summed E-state index contributed by atoms with van der Waals surface area (Å²) in [5.74, 6) is 0.456. The van der Waals surface area contributed by atoms with Gasteiger partial charge in [-0.1, -0.05) is 23.9 Å². The lowest BCUT2D eigenvalue weighted by Crippen LogP contribution is -2.51. The van der Waals surface area contributed by atoms with Crippen LogP contribution >= 0.6 is 11.8 Å². The van der Waals surface area contributed by atoms with Crippen LogP contribution in [0.4, 0.5) is 0 Å². The first-order valence-electron chi connectivity index (χ1n) is 8.12. The Balaban J connectivity index is 1.59. The van der Waals surface area contributed by atoms with Crippen molar-refractivity contribution in [2.75, 3.05) is 31.9 Å². The van der Waals surface area contributed by atoms with Gasteiger partial charge in [0.1, 0.15) is 6.07 Å². The number of nitrogens with zero attached hydrogens (tertiary/aromatic N) is 5. The fourth-order valence-electron chi connectivity index (χ4n) is 2.65. The molecule has 27 heavy (non-hydrogen) atoms. The number of nitriles is 1. The maximum Gasteiger partial charge on any atom is 0.277 e. The lowest BCUT2D eigenvalue weighted by Gasteiger charge is -2.34. The molecule has 3 rings (SSSR count). The van der Waals surface area contributed by atoms with Gasteiger partial charge in [-0.15, -0.1) is 10.2 Å². The predicted molar refractivity (Wildman–Crippen MR) is 96.3 cm³/mol. The third-order valence-corrected chi connectivity index (χ3v) is 6.80. The summed E-state index contributed by atoms with van der Waals surface area (Å²) >= 11 is 1.15. The Morgan fingerprint density at radius 2 is 1.96 bits per heavy atom. The Hall–Kier alpha value is -2.42. The molecular formula is C16H17N5O4S2. The van der Waals surface area contributed by atoms with Crippen molar-refractivity contribution in [3.05, 3.63) is 35.7 Å². The van der Waals surface area contributed by atoms with E-state index in [1.807, 2.05) is 6.07 Å². The molecule has 1 fully saturated rings. The number of piperazine rings is 1. The largest absolute Gasteiger partial charge is 0.416 e. The van der Waals surface area contributed by atoms with Crippen LogP contribution < -0.4 is 0 Å². The van der Waals surface area contributed by atoms with Gasteiger partial charge in [0.2, 0.25) is 21.8 Å². The van der Waals surface area contributed by atoms with E-state index in [-0.39, 0.29) is 48.3 Å². The van der Waals surface area contributed by atoms with E-state index >= 15 is 0 Å². The summed E-state index contributed by atoms with van der Waals surface area (Å²) in [6.07, 6.45) is 0. The van der Waals surface area contributed by atoms with Crippen LogP contribution in [0.3, 0.4) is 0 Å². The van der Waals surface area contributed by atoms with E-state index in [9.17, 15) is 13.2 Å². The van der Waals surface area contributed by atoms with Crippen LogP contribution in [0.15, 0.2) is 38.8 Å². The van der Waals surface area contributed by atoms with Crippen LogP contribution in [0.2, 0.25) is 0 Å². The second kappa shape index (κ2) is 8.08. The number of aryl methyl sites for hydroxylation is 1. The highest BCUT2D eigenvalue weighted by Crippen LogP contribution is 2.22. The molecule has 0 saturated carbocycles. The summed E-state index contributed by atoms with van der Waals surface area (Å²) in [6, 6.07) is 8.02. The van der Waals surface area contributed by atoms with Gasteiger partial charge in [-0.2, -0.15) is 9.57 Å². The van der Waals surface area contributed by atoms with Gasteiger partial charge in [0, 0.05) is 33.1 Å². The van der Waals surface area contributed by atoms with Gasteiger partial charge >= 0.3 is 0 Å². The molecule has 0 atom stereocenters. The van der Waals surface area contributed by atoms with E-state index in [1.54, 1.807) is 24.0 Å². The minimum atomic E-state index is -3.77. The number of hydrogen-bond donors (Lipinski definition) is 0. The van der Waals surface area contributed by atoms with Gasteiger partial charge in [-0.05, 0) is 12.1 Å². The normalized spacial score (nSPS) is 15.5. The number of carbonyl (C=O) groups is 1. The van der Waals surface area contributed by atoms with Crippen molar-refractivity contribution in [1.82, 2.24) is 19.4 Å². The number of aromatic nitrogens is 2. The molecule has 0 bridgehead atoms. The molecule has 1 amide bonds. The Morgan fingerprint density at radius 3 is 2.59 bits per heavy atom. The third kappa shape index (κ3) is 4.29. The van der Waals surface area contributed by atoms with E-state index in [0.717, 1.165) is 11.8 Å². The van der Waals surface area contributed by atoms with Crippen LogP contribution in [0.5, 0.6) is 0 Å². The second-order valence-electron chi connectivity index (χ2n) is 5.77. The number of rotatable bonds is 5. The average Bonchev–Trinajstić information content (AvgIpc) is 3.11. The number of sulfonamides is 1. The summed E-state index contributed by atoms with van der Waals surface area (Å²) in [4.78, 5) is 13.9. The molecule has 1 aromatic carbocycles. The summed E-state index contributed by atoms with van der Waals surface area (Å²) in [5.41, 5.74) is 0.113. The van der Waals surface area contributed by atoms with Gasteiger partial charge in [-0.3, -0.25) is 4.79 Å². The molecular weight excluding hydrogens is 390 g/mol. The molecule has 0 radical (unpaired) electrons. The molecule has 1 aliphatic heterocycles. The first-order valence-corrected chi connectivity index (χ1v) is 10.5. The highest BCUT2D eigenvalue weighted by Gasteiger charge is 2.31. The molecule has 0 aliphatic carbocycles. The van der Waals surface area contributed by atoms with Crippen molar-refractivity contribution < 1.29 is 17.6 Å². The Labute approximate surface area is 161 Å². The Bertz CT molecular complexity index is 975. The number of amides is 1. The number of hydrogen-bond acceptors (Lipinski definition) is 8. The second-order valence-corrected chi connectivity index (χ2v) is 8.60. The van der Waals surface area contributed by atoms with Crippen LogP contribution in [0, 0.1) is 18.3 Å². The number of carbonyl (C=O) groups excluding carboxylic acids is 1. The third-order valence-electron chi connectivity index (χ3n) is 4.04. The fraction of sp³-hybridized carbons (Fsp3) is 0.375. The molecule has 1 saturated heterocycles. The molecule has 0 spiro atoms. The minimum absolute atomic E-state index is 0.00500. The van der Waals surface area contributed by atoms with Gasteiger partial charge in [0.05, 0.1) is 16.2 Å². The standard InChI is InChI=1S/C16H17N5O4S2/c1-12-18-19-16(25-12)26-11-15(22)20-6-8-21(9-7-20)27(23,24)14-5-3-2-4-13(14)10-17/h2-5H,6-9,11H2,1H3.